The minimum Gasteiger partial charge on any atom is -0.338 e. The molecule has 1 aliphatic carbocycles. The molecule has 2 amide bonds. The fraction of sp³-hybridized carbons (Fsp3) is 0.579. The molecule has 0 aromatic heterocycles. The molecule has 1 heterocycles. The lowest BCUT2D eigenvalue weighted by atomic mass is 9.83. The smallest absolute Gasteiger partial charge is 0.238 e. The normalized spacial score (nSPS) is 20.0. The first kappa shape index (κ1) is 17.3. The van der Waals surface area contributed by atoms with Gasteiger partial charge in [0.25, 0.3) is 0 Å². The number of amides is 2. The Morgan fingerprint density at radius 3 is 2.04 bits per heavy atom. The highest BCUT2D eigenvalue weighted by molar-refractivity contribution is 8.01. The first-order valence-corrected chi connectivity index (χ1v) is 9.83. The summed E-state index contributed by atoms with van der Waals surface area (Å²) in [5.74, 6) is 0.413. The van der Waals surface area contributed by atoms with Crippen molar-refractivity contribution < 1.29 is 9.59 Å². The number of piperazine rings is 1. The lowest BCUT2D eigenvalue weighted by Gasteiger charge is -2.39. The number of hydrogen-bond donors (Lipinski definition) is 0. The summed E-state index contributed by atoms with van der Waals surface area (Å²) < 4.78 is -0.157. The summed E-state index contributed by atoms with van der Waals surface area (Å²) in [5.41, 5.74) is 0.498. The van der Waals surface area contributed by atoms with Crippen molar-refractivity contribution in [3.8, 4) is 0 Å². The van der Waals surface area contributed by atoms with Gasteiger partial charge in [-0.1, -0.05) is 30.3 Å². The highest BCUT2D eigenvalue weighted by Gasteiger charge is 2.51. The first-order chi connectivity index (χ1) is 11.4. The second-order valence-corrected chi connectivity index (χ2v) is 8.46. The quantitative estimate of drug-likeness (QED) is 0.841. The van der Waals surface area contributed by atoms with Gasteiger partial charge in [0.15, 0.2) is 0 Å². The number of hydrogen-bond acceptors (Lipinski definition) is 3. The van der Waals surface area contributed by atoms with Crippen LogP contribution in [0.3, 0.4) is 0 Å². The highest BCUT2D eigenvalue weighted by atomic mass is 32.2. The Morgan fingerprint density at radius 1 is 1.00 bits per heavy atom. The van der Waals surface area contributed by atoms with Gasteiger partial charge >= 0.3 is 0 Å². The van der Waals surface area contributed by atoms with E-state index in [0.29, 0.717) is 26.2 Å². The monoisotopic (exact) mass is 346 g/mol. The fourth-order valence-corrected chi connectivity index (χ4v) is 4.21. The zero-order chi connectivity index (χ0) is 17.4. The van der Waals surface area contributed by atoms with Crippen molar-refractivity contribution >= 4 is 23.6 Å². The van der Waals surface area contributed by atoms with E-state index < -0.39 is 5.41 Å². The van der Waals surface area contributed by atoms with E-state index in [2.05, 4.69) is 0 Å². The molecular formula is C19H26N2O2S. The third kappa shape index (κ3) is 3.06. The lowest BCUT2D eigenvalue weighted by Crippen LogP contribution is -2.55. The molecule has 1 saturated carbocycles. The van der Waals surface area contributed by atoms with Crippen LogP contribution in [0.2, 0.25) is 0 Å². The molecule has 3 rings (SSSR count). The molecule has 5 heteroatoms. The standard InChI is InChI=1S/C19H26N2O2S/c1-18(2,15-7-5-4-6-8-15)16(22)20-11-13-21(14-12-20)17(23)19(24-3)9-10-19/h4-8H,9-14H2,1-3H3. The Morgan fingerprint density at radius 2 is 1.54 bits per heavy atom. The van der Waals surface area contributed by atoms with Crippen molar-refractivity contribution in [2.24, 2.45) is 0 Å². The van der Waals surface area contributed by atoms with Gasteiger partial charge in [-0.25, -0.2) is 0 Å². The van der Waals surface area contributed by atoms with E-state index in [1.165, 1.54) is 0 Å². The maximum absolute atomic E-state index is 13.0. The number of nitrogens with zero attached hydrogens (tertiary/aromatic N) is 2. The SMILES string of the molecule is CSC1(C(=O)N2CCN(C(=O)C(C)(C)c3ccccc3)CC2)CC1. The van der Waals surface area contributed by atoms with Crippen LogP contribution in [0, 0.1) is 0 Å². The van der Waals surface area contributed by atoms with Crippen LogP contribution in [0.15, 0.2) is 30.3 Å². The van der Waals surface area contributed by atoms with Gasteiger partial charge in [-0.2, -0.15) is 0 Å². The van der Waals surface area contributed by atoms with Crippen LogP contribution >= 0.6 is 11.8 Å². The van der Waals surface area contributed by atoms with E-state index in [-0.39, 0.29) is 16.6 Å². The highest BCUT2D eigenvalue weighted by Crippen LogP contribution is 2.48. The van der Waals surface area contributed by atoms with Crippen molar-refractivity contribution in [1.82, 2.24) is 9.80 Å². The summed E-state index contributed by atoms with van der Waals surface area (Å²) in [5, 5.41) is 0. The molecule has 0 bridgehead atoms. The summed E-state index contributed by atoms with van der Waals surface area (Å²) in [6, 6.07) is 9.92. The van der Waals surface area contributed by atoms with E-state index in [4.69, 9.17) is 0 Å². The Labute approximate surface area is 148 Å². The van der Waals surface area contributed by atoms with Crippen LogP contribution in [0.25, 0.3) is 0 Å². The Kier molecular flexibility index (Phi) is 4.65. The van der Waals surface area contributed by atoms with Crippen molar-refractivity contribution in [1.29, 1.82) is 0 Å². The minimum atomic E-state index is -0.537. The van der Waals surface area contributed by atoms with Gasteiger partial charge in [0.05, 0.1) is 10.2 Å². The molecule has 24 heavy (non-hydrogen) atoms. The predicted molar refractivity (Wildman–Crippen MR) is 98.1 cm³/mol. The maximum Gasteiger partial charge on any atom is 0.238 e. The topological polar surface area (TPSA) is 40.6 Å². The molecule has 2 aliphatic rings. The van der Waals surface area contributed by atoms with Gasteiger partial charge < -0.3 is 9.80 Å². The molecule has 0 atom stereocenters. The van der Waals surface area contributed by atoms with Gasteiger partial charge in [0.1, 0.15) is 0 Å². The lowest BCUT2D eigenvalue weighted by molar-refractivity contribution is -0.142. The Hall–Kier alpha value is -1.49. The fourth-order valence-electron chi connectivity index (χ4n) is 3.39. The van der Waals surface area contributed by atoms with E-state index >= 15 is 0 Å². The van der Waals surface area contributed by atoms with Crippen molar-refractivity contribution in [2.45, 2.75) is 36.9 Å². The van der Waals surface area contributed by atoms with Crippen LogP contribution in [-0.2, 0) is 15.0 Å². The zero-order valence-corrected chi connectivity index (χ0v) is 15.6. The van der Waals surface area contributed by atoms with Gasteiger partial charge in [0, 0.05) is 26.2 Å². The average molecular weight is 346 g/mol. The molecule has 130 valence electrons. The number of benzene rings is 1. The first-order valence-electron chi connectivity index (χ1n) is 8.60. The molecule has 0 radical (unpaired) electrons. The minimum absolute atomic E-state index is 0.145. The largest absolute Gasteiger partial charge is 0.338 e. The van der Waals surface area contributed by atoms with Gasteiger partial charge in [-0.05, 0) is 38.5 Å². The number of thioether (sulfide) groups is 1. The van der Waals surface area contributed by atoms with E-state index in [1.807, 2.05) is 60.2 Å². The predicted octanol–water partition coefficient (Wildman–Crippen LogP) is 2.53. The number of carbonyl (C=O) groups excluding carboxylic acids is 2. The van der Waals surface area contributed by atoms with Crippen LogP contribution in [-0.4, -0.2) is 58.8 Å². The summed E-state index contributed by atoms with van der Waals surface area (Å²) in [6.07, 6.45) is 4.01. The van der Waals surface area contributed by atoms with Crippen molar-refractivity contribution in [3.63, 3.8) is 0 Å². The molecule has 0 spiro atoms. The van der Waals surface area contributed by atoms with Crippen LogP contribution in [0.4, 0.5) is 0 Å². The van der Waals surface area contributed by atoms with Gasteiger partial charge in [-0.3, -0.25) is 9.59 Å². The number of rotatable bonds is 4. The van der Waals surface area contributed by atoms with Crippen molar-refractivity contribution in [3.05, 3.63) is 35.9 Å². The summed E-state index contributed by atoms with van der Waals surface area (Å²) in [6.45, 7) is 6.52. The molecule has 2 fully saturated rings. The second kappa shape index (κ2) is 6.43. The second-order valence-electron chi connectivity index (χ2n) is 7.27. The molecule has 1 saturated heterocycles. The van der Waals surface area contributed by atoms with E-state index in [0.717, 1.165) is 18.4 Å². The number of carbonyl (C=O) groups is 2. The van der Waals surface area contributed by atoms with E-state index in [1.54, 1.807) is 11.8 Å². The van der Waals surface area contributed by atoms with Crippen LogP contribution < -0.4 is 0 Å². The van der Waals surface area contributed by atoms with E-state index in [9.17, 15) is 9.59 Å². The average Bonchev–Trinajstić information content (AvgIpc) is 3.42. The van der Waals surface area contributed by atoms with Gasteiger partial charge in [0.2, 0.25) is 11.8 Å². The molecule has 1 aliphatic heterocycles. The summed E-state index contributed by atoms with van der Waals surface area (Å²) >= 11 is 1.68. The molecular weight excluding hydrogens is 320 g/mol. The Balaban J connectivity index is 1.62. The summed E-state index contributed by atoms with van der Waals surface area (Å²) in [4.78, 5) is 29.4. The molecule has 1 aromatic carbocycles. The van der Waals surface area contributed by atoms with Crippen molar-refractivity contribution in [2.75, 3.05) is 32.4 Å². The van der Waals surface area contributed by atoms with Gasteiger partial charge in [-0.15, -0.1) is 11.8 Å². The maximum atomic E-state index is 13.0. The van der Waals surface area contributed by atoms with Crippen LogP contribution in [0.1, 0.15) is 32.3 Å². The molecule has 4 nitrogen and oxygen atoms in total. The third-order valence-electron chi connectivity index (χ3n) is 5.37. The zero-order valence-electron chi connectivity index (χ0n) is 14.7. The Bertz CT molecular complexity index is 618. The third-order valence-corrected chi connectivity index (χ3v) is 6.73. The summed E-state index contributed by atoms with van der Waals surface area (Å²) in [7, 11) is 0. The molecule has 0 N–H and O–H groups in total. The molecule has 1 aromatic rings. The molecule has 0 unspecified atom stereocenters. The van der Waals surface area contributed by atoms with Crippen LogP contribution in [0.5, 0.6) is 0 Å².